The third-order valence-corrected chi connectivity index (χ3v) is 1.60. The number of amides is 1. The smallest absolute Gasteiger partial charge is 0.210 e. The van der Waals surface area contributed by atoms with Gasteiger partial charge in [-0.05, 0) is 27.7 Å². The molecule has 0 N–H and O–H groups in total. The maximum Gasteiger partial charge on any atom is 0.210 e. The van der Waals surface area contributed by atoms with Crippen molar-refractivity contribution in [3.63, 3.8) is 0 Å². The molecule has 3 nitrogen and oxygen atoms in total. The lowest BCUT2D eigenvalue weighted by molar-refractivity contribution is -0.120. The predicted molar refractivity (Wildman–Crippen MR) is 49.0 cm³/mol. The van der Waals surface area contributed by atoms with E-state index in [1.165, 1.54) is 0 Å². The van der Waals surface area contributed by atoms with E-state index in [2.05, 4.69) is 0 Å². The van der Waals surface area contributed by atoms with Gasteiger partial charge in [-0.25, -0.2) is 0 Å². The predicted octanol–water partition coefficient (Wildman–Crippen LogP) is 1.28. The van der Waals surface area contributed by atoms with E-state index in [1.54, 1.807) is 4.90 Å². The maximum absolute atomic E-state index is 10.5. The molecule has 0 aromatic carbocycles. The largest absolute Gasteiger partial charge is 0.377 e. The van der Waals surface area contributed by atoms with Crippen LogP contribution in [0.25, 0.3) is 0 Å². The highest BCUT2D eigenvalue weighted by molar-refractivity contribution is 5.47. The Hall–Kier alpha value is -0.570. The summed E-state index contributed by atoms with van der Waals surface area (Å²) in [5.41, 5.74) is 0. The Morgan fingerprint density at radius 1 is 1.33 bits per heavy atom. The van der Waals surface area contributed by atoms with Crippen molar-refractivity contribution in [2.45, 2.75) is 39.8 Å². The van der Waals surface area contributed by atoms with Crippen LogP contribution in [0.2, 0.25) is 0 Å². The van der Waals surface area contributed by atoms with Gasteiger partial charge in [0.05, 0.1) is 12.7 Å². The van der Waals surface area contributed by atoms with Crippen LogP contribution in [0.15, 0.2) is 0 Å². The highest BCUT2D eigenvalue weighted by atomic mass is 16.5. The average molecular weight is 173 g/mol. The summed E-state index contributed by atoms with van der Waals surface area (Å²) in [5, 5.41) is 0. The van der Waals surface area contributed by atoms with Crippen LogP contribution in [-0.2, 0) is 9.53 Å². The van der Waals surface area contributed by atoms with Gasteiger partial charge in [-0.15, -0.1) is 0 Å². The summed E-state index contributed by atoms with van der Waals surface area (Å²) < 4.78 is 5.32. The molecule has 12 heavy (non-hydrogen) atoms. The van der Waals surface area contributed by atoms with Crippen molar-refractivity contribution in [3.05, 3.63) is 0 Å². The molecule has 3 heteroatoms. The van der Waals surface area contributed by atoms with Gasteiger partial charge in [0.2, 0.25) is 6.41 Å². The Morgan fingerprint density at radius 3 is 2.25 bits per heavy atom. The number of carbonyl (C=O) groups excluding carboxylic acids is 1. The zero-order valence-corrected chi connectivity index (χ0v) is 8.41. The molecule has 0 saturated carbocycles. The minimum absolute atomic E-state index is 0.241. The lowest BCUT2D eigenvalue weighted by atomic mass is 10.3. The zero-order chi connectivity index (χ0) is 9.56. The highest BCUT2D eigenvalue weighted by Gasteiger charge is 2.05. The normalized spacial score (nSPS) is 10.8. The maximum atomic E-state index is 10.5. The van der Waals surface area contributed by atoms with Crippen molar-refractivity contribution < 1.29 is 9.53 Å². The first-order valence-corrected chi connectivity index (χ1v) is 4.40. The van der Waals surface area contributed by atoms with Crippen LogP contribution in [0, 0.1) is 0 Å². The first-order valence-electron chi connectivity index (χ1n) is 4.40. The van der Waals surface area contributed by atoms with E-state index in [1.807, 2.05) is 27.7 Å². The monoisotopic (exact) mass is 173 g/mol. The van der Waals surface area contributed by atoms with Crippen LogP contribution in [0.5, 0.6) is 0 Å². The first-order chi connectivity index (χ1) is 5.57. The van der Waals surface area contributed by atoms with Crippen LogP contribution in [0.1, 0.15) is 27.7 Å². The molecule has 0 heterocycles. The fourth-order valence-electron chi connectivity index (χ4n) is 0.826. The molecule has 0 atom stereocenters. The molecule has 0 aromatic heterocycles. The molecule has 72 valence electrons. The van der Waals surface area contributed by atoms with Crippen LogP contribution in [-0.4, -0.2) is 36.6 Å². The number of rotatable bonds is 6. The topological polar surface area (TPSA) is 29.5 Å². The molecule has 0 radical (unpaired) electrons. The molecule has 0 aliphatic carbocycles. The second-order valence-corrected chi connectivity index (χ2v) is 3.36. The van der Waals surface area contributed by atoms with E-state index in [-0.39, 0.29) is 12.1 Å². The first kappa shape index (κ1) is 11.4. The molecule has 0 aromatic rings. The Bertz CT molecular complexity index is 124. The molecule has 0 aliphatic heterocycles. The molecule has 0 unspecified atom stereocenters. The minimum Gasteiger partial charge on any atom is -0.377 e. The van der Waals surface area contributed by atoms with Gasteiger partial charge in [-0.2, -0.15) is 0 Å². The van der Waals surface area contributed by atoms with Crippen LogP contribution in [0.3, 0.4) is 0 Å². The van der Waals surface area contributed by atoms with Gasteiger partial charge in [0.15, 0.2) is 0 Å². The third kappa shape index (κ3) is 5.13. The number of hydrogen-bond donors (Lipinski definition) is 0. The summed E-state index contributed by atoms with van der Waals surface area (Å²) in [6, 6.07) is 0.262. The Kier molecular flexibility index (Phi) is 5.72. The molecule has 0 fully saturated rings. The average Bonchev–Trinajstić information content (AvgIpc) is 1.96. The molecule has 0 spiro atoms. The van der Waals surface area contributed by atoms with Crippen LogP contribution in [0.4, 0.5) is 0 Å². The van der Waals surface area contributed by atoms with E-state index >= 15 is 0 Å². The van der Waals surface area contributed by atoms with Crippen molar-refractivity contribution in [2.24, 2.45) is 0 Å². The number of hydrogen-bond acceptors (Lipinski definition) is 2. The van der Waals surface area contributed by atoms with Crippen molar-refractivity contribution in [1.82, 2.24) is 4.90 Å². The Labute approximate surface area is 74.7 Å². The lowest BCUT2D eigenvalue weighted by Crippen LogP contribution is -2.33. The summed E-state index contributed by atoms with van der Waals surface area (Å²) in [5.74, 6) is 0. The third-order valence-electron chi connectivity index (χ3n) is 1.60. The summed E-state index contributed by atoms with van der Waals surface area (Å²) in [7, 11) is 0. The van der Waals surface area contributed by atoms with Crippen LogP contribution < -0.4 is 0 Å². The lowest BCUT2D eigenvalue weighted by Gasteiger charge is -2.21. The molecule has 0 saturated heterocycles. The second kappa shape index (κ2) is 6.00. The van der Waals surface area contributed by atoms with E-state index < -0.39 is 0 Å². The summed E-state index contributed by atoms with van der Waals surface area (Å²) in [6.07, 6.45) is 1.11. The van der Waals surface area contributed by atoms with Crippen molar-refractivity contribution in [3.8, 4) is 0 Å². The van der Waals surface area contributed by atoms with E-state index in [4.69, 9.17) is 4.74 Å². The standard InChI is InChI=1S/C9H19NO2/c1-8(2)10(7-11)5-6-12-9(3)4/h7-9H,5-6H2,1-4H3. The number of nitrogens with zero attached hydrogens (tertiary/aromatic N) is 1. The van der Waals surface area contributed by atoms with Gasteiger partial charge < -0.3 is 9.64 Å². The molecule has 0 rings (SSSR count). The van der Waals surface area contributed by atoms with Gasteiger partial charge in [0.25, 0.3) is 0 Å². The van der Waals surface area contributed by atoms with E-state index in [9.17, 15) is 4.79 Å². The zero-order valence-electron chi connectivity index (χ0n) is 8.41. The molecular weight excluding hydrogens is 154 g/mol. The molecular formula is C9H19NO2. The van der Waals surface area contributed by atoms with Gasteiger partial charge in [-0.1, -0.05) is 0 Å². The fraction of sp³-hybridized carbons (Fsp3) is 0.889. The summed E-state index contributed by atoms with van der Waals surface area (Å²) in [4.78, 5) is 12.2. The summed E-state index contributed by atoms with van der Waals surface area (Å²) in [6.45, 7) is 9.25. The van der Waals surface area contributed by atoms with Crippen molar-refractivity contribution in [1.29, 1.82) is 0 Å². The Balaban J connectivity index is 3.52. The molecule has 0 aliphatic rings. The highest BCUT2D eigenvalue weighted by Crippen LogP contribution is 1.94. The van der Waals surface area contributed by atoms with Gasteiger partial charge in [0, 0.05) is 12.6 Å². The SMILES string of the molecule is CC(C)OCCN(C=O)C(C)C. The number of ether oxygens (including phenoxy) is 1. The van der Waals surface area contributed by atoms with Crippen LogP contribution >= 0.6 is 0 Å². The van der Waals surface area contributed by atoms with E-state index in [0.29, 0.717) is 13.2 Å². The van der Waals surface area contributed by atoms with Crippen molar-refractivity contribution >= 4 is 6.41 Å². The minimum atomic E-state index is 0.241. The van der Waals surface area contributed by atoms with Gasteiger partial charge >= 0.3 is 0 Å². The Morgan fingerprint density at radius 2 is 1.92 bits per heavy atom. The summed E-state index contributed by atoms with van der Waals surface area (Å²) >= 11 is 0. The fourth-order valence-corrected chi connectivity index (χ4v) is 0.826. The quantitative estimate of drug-likeness (QED) is 0.566. The van der Waals surface area contributed by atoms with E-state index in [0.717, 1.165) is 6.41 Å². The molecule has 0 bridgehead atoms. The molecule has 1 amide bonds. The van der Waals surface area contributed by atoms with Gasteiger partial charge in [0.1, 0.15) is 0 Å². The van der Waals surface area contributed by atoms with Gasteiger partial charge in [-0.3, -0.25) is 4.79 Å². The van der Waals surface area contributed by atoms with Crippen molar-refractivity contribution in [2.75, 3.05) is 13.2 Å². The second-order valence-electron chi connectivity index (χ2n) is 3.36. The number of carbonyl (C=O) groups is 1.